The van der Waals surface area contributed by atoms with E-state index in [4.69, 9.17) is 0 Å². The fourth-order valence-corrected chi connectivity index (χ4v) is 3.57. The zero-order valence-corrected chi connectivity index (χ0v) is 11.7. The molecule has 2 nitrogen and oxygen atoms in total. The summed E-state index contributed by atoms with van der Waals surface area (Å²) < 4.78 is 2.27. The molecule has 3 aromatic carbocycles. The highest BCUT2D eigenvalue weighted by Gasteiger charge is 2.13. The fourth-order valence-electron chi connectivity index (χ4n) is 3.57. The number of hydrogen-bond donors (Lipinski definition) is 1. The molecule has 0 aliphatic carbocycles. The second kappa shape index (κ2) is 3.67. The van der Waals surface area contributed by atoms with Gasteiger partial charge in [-0.1, -0.05) is 42.5 Å². The number of hydrogen-bond acceptors (Lipinski definition) is 0. The lowest BCUT2D eigenvalue weighted by atomic mass is 10.1. The molecule has 21 heavy (non-hydrogen) atoms. The monoisotopic (exact) mass is 270 g/mol. The molecule has 0 amide bonds. The maximum absolute atomic E-state index is 3.61. The van der Waals surface area contributed by atoms with Crippen LogP contribution in [0.1, 0.15) is 0 Å². The van der Waals surface area contributed by atoms with Gasteiger partial charge in [-0.05, 0) is 18.2 Å². The van der Waals surface area contributed by atoms with Crippen LogP contribution < -0.4 is 0 Å². The predicted molar refractivity (Wildman–Crippen MR) is 89.8 cm³/mol. The van der Waals surface area contributed by atoms with E-state index in [1.54, 1.807) is 0 Å². The van der Waals surface area contributed by atoms with Crippen LogP contribution in [0.15, 0.2) is 60.7 Å². The summed E-state index contributed by atoms with van der Waals surface area (Å²) >= 11 is 0. The maximum atomic E-state index is 3.61. The van der Waals surface area contributed by atoms with Crippen LogP contribution in [-0.4, -0.2) is 9.55 Å². The Balaban J connectivity index is 2.16. The summed E-state index contributed by atoms with van der Waals surface area (Å²) in [7, 11) is 2.14. The number of nitrogens with one attached hydrogen (secondary N) is 1. The van der Waals surface area contributed by atoms with E-state index < -0.39 is 0 Å². The molecule has 5 rings (SSSR count). The second-order valence-electron chi connectivity index (χ2n) is 5.63. The molecule has 2 heterocycles. The molecule has 2 heteroatoms. The topological polar surface area (TPSA) is 20.7 Å². The van der Waals surface area contributed by atoms with Crippen molar-refractivity contribution in [2.45, 2.75) is 0 Å². The van der Waals surface area contributed by atoms with Crippen LogP contribution >= 0.6 is 0 Å². The minimum Gasteiger partial charge on any atom is -0.354 e. The standard InChI is InChI=1S/C19H14N2/c1-21-16-9-5-3-7-14(16)18-17(21)11-10-13-12-6-2-4-8-15(12)20-19(13)18/h2-11,20H,1H3. The average Bonchev–Trinajstić information content (AvgIpc) is 3.04. The van der Waals surface area contributed by atoms with Crippen molar-refractivity contribution in [2.75, 3.05) is 0 Å². The first-order chi connectivity index (χ1) is 10.3. The number of aromatic nitrogens is 2. The summed E-state index contributed by atoms with van der Waals surface area (Å²) in [5.41, 5.74) is 4.99. The molecule has 0 saturated carbocycles. The van der Waals surface area contributed by atoms with Gasteiger partial charge in [-0.25, -0.2) is 0 Å². The summed E-state index contributed by atoms with van der Waals surface area (Å²) in [6.07, 6.45) is 0. The summed E-state index contributed by atoms with van der Waals surface area (Å²) in [5, 5.41) is 5.23. The molecule has 0 saturated heterocycles. The molecule has 2 aromatic heterocycles. The van der Waals surface area contributed by atoms with E-state index >= 15 is 0 Å². The van der Waals surface area contributed by atoms with Crippen LogP contribution in [0, 0.1) is 0 Å². The van der Waals surface area contributed by atoms with Crippen molar-refractivity contribution < 1.29 is 0 Å². The highest BCUT2D eigenvalue weighted by molar-refractivity contribution is 6.24. The van der Waals surface area contributed by atoms with Gasteiger partial charge in [0, 0.05) is 39.6 Å². The smallest absolute Gasteiger partial charge is 0.0566 e. The largest absolute Gasteiger partial charge is 0.354 e. The Morgan fingerprint density at radius 1 is 0.714 bits per heavy atom. The number of fused-ring (bicyclic) bond motifs is 7. The molecule has 0 bridgehead atoms. The highest BCUT2D eigenvalue weighted by atomic mass is 14.9. The van der Waals surface area contributed by atoms with E-state index in [1.807, 2.05) is 0 Å². The Morgan fingerprint density at radius 2 is 1.48 bits per heavy atom. The van der Waals surface area contributed by atoms with Crippen molar-refractivity contribution in [3.63, 3.8) is 0 Å². The minimum absolute atomic E-state index is 1.20. The van der Waals surface area contributed by atoms with Gasteiger partial charge in [0.1, 0.15) is 0 Å². The van der Waals surface area contributed by atoms with E-state index in [9.17, 15) is 0 Å². The minimum atomic E-state index is 1.20. The van der Waals surface area contributed by atoms with Gasteiger partial charge in [-0.15, -0.1) is 0 Å². The molecule has 0 radical (unpaired) electrons. The summed E-state index contributed by atoms with van der Waals surface area (Å²) in [4.78, 5) is 3.61. The predicted octanol–water partition coefficient (Wildman–Crippen LogP) is 4.97. The van der Waals surface area contributed by atoms with Crippen molar-refractivity contribution in [3.05, 3.63) is 60.7 Å². The van der Waals surface area contributed by atoms with Crippen molar-refractivity contribution in [1.82, 2.24) is 9.55 Å². The van der Waals surface area contributed by atoms with Gasteiger partial charge in [0.15, 0.2) is 0 Å². The molecule has 0 atom stereocenters. The normalized spacial score (nSPS) is 12.0. The zero-order chi connectivity index (χ0) is 14.0. The lowest BCUT2D eigenvalue weighted by molar-refractivity contribution is 1.01. The molecular weight excluding hydrogens is 256 g/mol. The molecule has 100 valence electrons. The van der Waals surface area contributed by atoms with Crippen LogP contribution in [0.4, 0.5) is 0 Å². The van der Waals surface area contributed by atoms with Crippen molar-refractivity contribution >= 4 is 43.6 Å². The SMILES string of the molecule is Cn1c2ccccc2c2c3[nH]c4ccccc4c3ccc21. The average molecular weight is 270 g/mol. The van der Waals surface area contributed by atoms with Crippen molar-refractivity contribution in [1.29, 1.82) is 0 Å². The number of rotatable bonds is 0. The molecule has 0 spiro atoms. The van der Waals surface area contributed by atoms with Crippen molar-refractivity contribution in [3.8, 4) is 0 Å². The number of aryl methyl sites for hydroxylation is 1. The Labute approximate surface area is 121 Å². The molecule has 1 N–H and O–H groups in total. The van der Waals surface area contributed by atoms with Gasteiger partial charge in [0.2, 0.25) is 0 Å². The number of benzene rings is 3. The molecular formula is C19H14N2. The van der Waals surface area contributed by atoms with Gasteiger partial charge in [0.05, 0.1) is 11.0 Å². The van der Waals surface area contributed by atoms with Gasteiger partial charge in [0.25, 0.3) is 0 Å². The Kier molecular flexibility index (Phi) is 1.92. The van der Waals surface area contributed by atoms with Crippen LogP contribution in [0.2, 0.25) is 0 Å². The fraction of sp³-hybridized carbons (Fsp3) is 0.0526. The molecule has 5 aromatic rings. The third kappa shape index (κ3) is 1.27. The van der Waals surface area contributed by atoms with Gasteiger partial charge in [-0.3, -0.25) is 0 Å². The third-order valence-electron chi connectivity index (χ3n) is 4.56. The first-order valence-corrected chi connectivity index (χ1v) is 7.21. The molecule has 0 unspecified atom stereocenters. The first kappa shape index (κ1) is 11.0. The second-order valence-corrected chi connectivity index (χ2v) is 5.63. The van der Waals surface area contributed by atoms with Gasteiger partial charge in [-0.2, -0.15) is 0 Å². The Morgan fingerprint density at radius 3 is 2.38 bits per heavy atom. The van der Waals surface area contributed by atoms with Gasteiger partial charge < -0.3 is 9.55 Å². The number of nitrogens with zero attached hydrogens (tertiary/aromatic N) is 1. The van der Waals surface area contributed by atoms with E-state index in [0.29, 0.717) is 0 Å². The van der Waals surface area contributed by atoms with E-state index in [2.05, 4.69) is 77.3 Å². The number of H-pyrrole nitrogens is 1. The quantitative estimate of drug-likeness (QED) is 0.410. The Bertz CT molecular complexity index is 1140. The Hall–Kier alpha value is -2.74. The summed E-state index contributed by atoms with van der Waals surface area (Å²) in [6, 6.07) is 21.6. The lowest BCUT2D eigenvalue weighted by Crippen LogP contribution is -1.85. The zero-order valence-electron chi connectivity index (χ0n) is 11.7. The summed E-state index contributed by atoms with van der Waals surface area (Å²) in [6.45, 7) is 0. The number of aromatic amines is 1. The van der Waals surface area contributed by atoms with Crippen LogP contribution in [-0.2, 0) is 7.05 Å². The van der Waals surface area contributed by atoms with Crippen molar-refractivity contribution in [2.24, 2.45) is 7.05 Å². The van der Waals surface area contributed by atoms with Crippen LogP contribution in [0.3, 0.4) is 0 Å². The van der Waals surface area contributed by atoms with E-state index in [0.717, 1.165) is 0 Å². The third-order valence-corrected chi connectivity index (χ3v) is 4.56. The first-order valence-electron chi connectivity index (χ1n) is 7.21. The van der Waals surface area contributed by atoms with Gasteiger partial charge >= 0.3 is 0 Å². The number of para-hydroxylation sites is 2. The molecule has 0 aliphatic rings. The summed E-state index contributed by atoms with van der Waals surface area (Å²) in [5.74, 6) is 0. The van der Waals surface area contributed by atoms with E-state index in [1.165, 1.54) is 43.6 Å². The molecule has 0 fully saturated rings. The lowest BCUT2D eigenvalue weighted by Gasteiger charge is -1.98. The van der Waals surface area contributed by atoms with E-state index in [-0.39, 0.29) is 0 Å². The molecule has 0 aliphatic heterocycles. The van der Waals surface area contributed by atoms with Crippen LogP contribution in [0.5, 0.6) is 0 Å². The van der Waals surface area contributed by atoms with Crippen LogP contribution in [0.25, 0.3) is 43.6 Å². The highest BCUT2D eigenvalue weighted by Crippen LogP contribution is 2.36. The maximum Gasteiger partial charge on any atom is 0.0566 e.